The van der Waals surface area contributed by atoms with Gasteiger partial charge in [-0.2, -0.15) is 0 Å². The molecule has 5 rings (SSSR count). The average molecular weight is 564 g/mol. The second kappa shape index (κ2) is 10.5. The molecule has 0 unspecified atom stereocenters. The van der Waals surface area contributed by atoms with Gasteiger partial charge in [-0.05, 0) is 62.7 Å². The van der Waals surface area contributed by atoms with E-state index in [1.54, 1.807) is 63.2 Å². The van der Waals surface area contributed by atoms with Crippen LogP contribution in [0.4, 0.5) is 5.69 Å². The number of aryl methyl sites for hydroxylation is 1. The summed E-state index contributed by atoms with van der Waals surface area (Å²) in [6, 6.07) is 14.4. The van der Waals surface area contributed by atoms with Gasteiger partial charge in [0.1, 0.15) is 11.5 Å². The molecule has 0 spiro atoms. The Morgan fingerprint density at radius 1 is 1.21 bits per heavy atom. The topological polar surface area (TPSA) is 117 Å². The molecule has 1 aliphatic rings. The summed E-state index contributed by atoms with van der Waals surface area (Å²) in [4.78, 5) is 42.9. The van der Waals surface area contributed by atoms with Crippen molar-refractivity contribution in [2.45, 2.75) is 26.8 Å². The molecule has 2 aromatic heterocycles. The Morgan fingerprint density at radius 2 is 1.95 bits per heavy atom. The van der Waals surface area contributed by atoms with Crippen molar-refractivity contribution < 1.29 is 18.9 Å². The molecule has 1 aliphatic heterocycles. The van der Waals surface area contributed by atoms with Crippen LogP contribution in [0.15, 0.2) is 80.1 Å². The highest BCUT2D eigenvalue weighted by molar-refractivity contribution is 7.07. The SMILES string of the molecule is CCOC(=O)C1=C(C)N=c2s/c(=C/c3ccc(-c4ccc(Cl)cc4)o3)c(=O)n2[C@@H]1c1ccc(C)c([N+](=O)[O-])c1. The third kappa shape index (κ3) is 4.96. The molecule has 0 amide bonds. The lowest BCUT2D eigenvalue weighted by atomic mass is 9.94. The van der Waals surface area contributed by atoms with Gasteiger partial charge >= 0.3 is 5.97 Å². The molecule has 1 atom stereocenters. The number of ether oxygens (including phenoxy) is 1. The van der Waals surface area contributed by atoms with Crippen LogP contribution in [-0.4, -0.2) is 22.1 Å². The fourth-order valence-electron chi connectivity index (χ4n) is 4.43. The van der Waals surface area contributed by atoms with Gasteiger partial charge in [0.15, 0.2) is 4.80 Å². The molecule has 0 N–H and O–H groups in total. The first-order valence-electron chi connectivity index (χ1n) is 12.0. The lowest BCUT2D eigenvalue weighted by Gasteiger charge is -2.24. The van der Waals surface area contributed by atoms with Crippen molar-refractivity contribution in [3.8, 4) is 11.3 Å². The number of carbonyl (C=O) groups is 1. The van der Waals surface area contributed by atoms with E-state index in [-0.39, 0.29) is 17.9 Å². The van der Waals surface area contributed by atoms with E-state index >= 15 is 0 Å². The van der Waals surface area contributed by atoms with Crippen molar-refractivity contribution in [1.29, 1.82) is 0 Å². The zero-order valence-electron chi connectivity index (χ0n) is 21.1. The van der Waals surface area contributed by atoms with Crippen molar-refractivity contribution in [1.82, 2.24) is 4.57 Å². The van der Waals surface area contributed by atoms with Crippen LogP contribution in [-0.2, 0) is 9.53 Å². The zero-order chi connectivity index (χ0) is 27.8. The largest absolute Gasteiger partial charge is 0.463 e. The van der Waals surface area contributed by atoms with Gasteiger partial charge in [0.2, 0.25) is 0 Å². The maximum Gasteiger partial charge on any atom is 0.338 e. The average Bonchev–Trinajstić information content (AvgIpc) is 3.48. The molecule has 11 heteroatoms. The first-order valence-corrected chi connectivity index (χ1v) is 13.2. The van der Waals surface area contributed by atoms with Crippen molar-refractivity contribution in [3.05, 3.63) is 118 Å². The Bertz CT molecular complexity index is 1830. The van der Waals surface area contributed by atoms with E-state index in [1.165, 1.54) is 10.6 Å². The summed E-state index contributed by atoms with van der Waals surface area (Å²) in [5.41, 5.74) is 1.69. The smallest absolute Gasteiger partial charge is 0.338 e. The molecular formula is C28H22ClN3O6S. The van der Waals surface area contributed by atoms with Gasteiger partial charge in [0, 0.05) is 28.3 Å². The zero-order valence-corrected chi connectivity index (χ0v) is 22.7. The summed E-state index contributed by atoms with van der Waals surface area (Å²) in [6.45, 7) is 5.08. The quantitative estimate of drug-likeness (QED) is 0.186. The number of nitro groups is 1. The van der Waals surface area contributed by atoms with E-state index in [9.17, 15) is 19.7 Å². The highest BCUT2D eigenvalue weighted by Gasteiger charge is 2.34. The predicted octanol–water partition coefficient (Wildman–Crippen LogP) is 4.93. The van der Waals surface area contributed by atoms with E-state index in [0.29, 0.717) is 42.7 Å². The third-order valence-corrected chi connectivity index (χ3v) is 7.53. The number of fused-ring (bicyclic) bond motifs is 1. The monoisotopic (exact) mass is 563 g/mol. The molecule has 9 nitrogen and oxygen atoms in total. The number of halogens is 1. The van der Waals surface area contributed by atoms with Gasteiger partial charge in [-0.15, -0.1) is 0 Å². The Labute approximate surface area is 231 Å². The van der Waals surface area contributed by atoms with Crippen LogP contribution >= 0.6 is 22.9 Å². The number of carbonyl (C=O) groups excluding carboxylic acids is 1. The minimum Gasteiger partial charge on any atom is -0.463 e. The van der Waals surface area contributed by atoms with Crippen molar-refractivity contribution in [3.63, 3.8) is 0 Å². The van der Waals surface area contributed by atoms with Crippen LogP contribution in [0.25, 0.3) is 17.4 Å². The Kier molecular flexibility index (Phi) is 7.07. The maximum atomic E-state index is 13.8. The molecule has 2 aromatic carbocycles. The summed E-state index contributed by atoms with van der Waals surface area (Å²) in [7, 11) is 0. The van der Waals surface area contributed by atoms with Gasteiger partial charge in [-0.1, -0.05) is 35.1 Å². The fraction of sp³-hybridized carbons (Fsp3) is 0.179. The molecule has 39 heavy (non-hydrogen) atoms. The lowest BCUT2D eigenvalue weighted by molar-refractivity contribution is -0.385. The molecule has 0 bridgehead atoms. The van der Waals surface area contributed by atoms with E-state index < -0.39 is 22.5 Å². The normalized spacial score (nSPS) is 15.2. The summed E-state index contributed by atoms with van der Waals surface area (Å²) in [6.07, 6.45) is 1.61. The number of nitrogens with zero attached hydrogens (tertiary/aromatic N) is 3. The number of benzene rings is 2. The Morgan fingerprint density at radius 3 is 2.64 bits per heavy atom. The first-order chi connectivity index (χ1) is 18.7. The summed E-state index contributed by atoms with van der Waals surface area (Å²) in [5.74, 6) is 0.421. The second-order valence-electron chi connectivity index (χ2n) is 8.81. The van der Waals surface area contributed by atoms with E-state index in [4.69, 9.17) is 20.8 Å². The number of allylic oxidation sites excluding steroid dienone is 1. The third-order valence-electron chi connectivity index (χ3n) is 6.29. The first kappa shape index (κ1) is 26.3. The molecule has 0 radical (unpaired) electrons. The van der Waals surface area contributed by atoms with E-state index in [0.717, 1.165) is 16.9 Å². The molecule has 0 saturated heterocycles. The van der Waals surface area contributed by atoms with Crippen molar-refractivity contribution in [2.75, 3.05) is 6.61 Å². The van der Waals surface area contributed by atoms with Crippen molar-refractivity contribution >= 4 is 40.7 Å². The highest BCUT2D eigenvalue weighted by Crippen LogP contribution is 2.33. The van der Waals surface area contributed by atoms with Gasteiger partial charge in [0.05, 0.1) is 33.4 Å². The van der Waals surface area contributed by atoms with Crippen LogP contribution in [0, 0.1) is 17.0 Å². The number of rotatable bonds is 6. The van der Waals surface area contributed by atoms with Crippen LogP contribution in [0.5, 0.6) is 0 Å². The van der Waals surface area contributed by atoms with Crippen LogP contribution in [0.2, 0.25) is 5.02 Å². The number of thiazole rings is 1. The molecule has 0 saturated carbocycles. The number of aromatic nitrogens is 1. The number of nitro benzene ring substituents is 1. The minimum absolute atomic E-state index is 0.113. The molecular weight excluding hydrogens is 542 g/mol. The summed E-state index contributed by atoms with van der Waals surface area (Å²) < 4.78 is 12.9. The number of hydrogen-bond donors (Lipinski definition) is 0. The lowest BCUT2D eigenvalue weighted by Crippen LogP contribution is -2.40. The number of esters is 1. The Hall–Kier alpha value is -4.28. The summed E-state index contributed by atoms with van der Waals surface area (Å²) in [5, 5.41) is 12.3. The molecule has 3 heterocycles. The number of furan rings is 1. The molecule has 0 fully saturated rings. The summed E-state index contributed by atoms with van der Waals surface area (Å²) >= 11 is 7.11. The maximum absolute atomic E-state index is 13.8. The van der Waals surface area contributed by atoms with E-state index in [1.807, 2.05) is 12.1 Å². The van der Waals surface area contributed by atoms with Crippen LogP contribution in [0.1, 0.15) is 36.8 Å². The predicted molar refractivity (Wildman–Crippen MR) is 147 cm³/mol. The van der Waals surface area contributed by atoms with Gasteiger partial charge in [-0.3, -0.25) is 19.5 Å². The van der Waals surface area contributed by atoms with Gasteiger partial charge in [-0.25, -0.2) is 9.79 Å². The van der Waals surface area contributed by atoms with Crippen molar-refractivity contribution in [2.24, 2.45) is 4.99 Å². The van der Waals surface area contributed by atoms with Gasteiger partial charge < -0.3 is 9.15 Å². The minimum atomic E-state index is -0.956. The highest BCUT2D eigenvalue weighted by atomic mass is 35.5. The Balaban J connectivity index is 1.66. The van der Waals surface area contributed by atoms with Crippen LogP contribution < -0.4 is 14.9 Å². The molecule has 0 aliphatic carbocycles. The standard InChI is InChI=1S/C28H22ClN3O6S/c1-4-37-27(34)24-16(3)30-28-31(25(24)18-6-5-15(2)21(13-18)32(35)36)26(33)23(39-28)14-20-11-12-22(38-20)17-7-9-19(29)10-8-17/h5-14,25H,4H2,1-3H3/b23-14+/t25-/m1/s1. The van der Waals surface area contributed by atoms with Gasteiger partial charge in [0.25, 0.3) is 11.2 Å². The second-order valence-corrected chi connectivity index (χ2v) is 10.3. The molecule has 4 aromatic rings. The van der Waals surface area contributed by atoms with E-state index in [2.05, 4.69) is 4.99 Å². The van der Waals surface area contributed by atoms with Crippen LogP contribution in [0.3, 0.4) is 0 Å². The number of hydrogen-bond acceptors (Lipinski definition) is 8. The fourth-order valence-corrected chi connectivity index (χ4v) is 5.58. The molecule has 198 valence electrons.